The molecule has 0 saturated heterocycles. The molecule has 0 fully saturated rings. The fraction of sp³-hybridized carbons (Fsp3) is 0.143. The first-order valence-corrected chi connectivity index (χ1v) is 9.48. The summed E-state index contributed by atoms with van der Waals surface area (Å²) in [4.78, 5) is 15.2. The molecule has 146 valence electrons. The molecule has 0 spiro atoms. The van der Waals surface area contributed by atoms with Crippen molar-refractivity contribution in [1.29, 1.82) is 0 Å². The molecule has 0 aliphatic carbocycles. The van der Waals surface area contributed by atoms with Crippen molar-refractivity contribution in [3.8, 4) is 17.1 Å². The number of hydrogen-bond acceptors (Lipinski definition) is 5. The van der Waals surface area contributed by atoms with E-state index in [1.54, 1.807) is 6.07 Å². The Hall–Kier alpha value is -3.45. The highest BCUT2D eigenvalue weighted by Gasteiger charge is 2.10. The van der Waals surface area contributed by atoms with Crippen molar-refractivity contribution in [2.24, 2.45) is 0 Å². The quantitative estimate of drug-likeness (QED) is 0.488. The molecule has 2 N–H and O–H groups in total. The van der Waals surface area contributed by atoms with Crippen molar-refractivity contribution in [2.75, 3.05) is 0 Å². The lowest BCUT2D eigenvalue weighted by molar-refractivity contribution is 0.303. The van der Waals surface area contributed by atoms with Crippen LogP contribution in [0.4, 0.5) is 0 Å². The molecule has 0 saturated carbocycles. The smallest absolute Gasteiger partial charge is 0.259 e. The van der Waals surface area contributed by atoms with E-state index in [2.05, 4.69) is 25.6 Å². The van der Waals surface area contributed by atoms with Crippen LogP contribution in [0.2, 0.25) is 5.02 Å². The number of benzene rings is 2. The zero-order chi connectivity index (χ0) is 20.1. The number of tetrazole rings is 1. The molecule has 4 rings (SSSR count). The van der Waals surface area contributed by atoms with Gasteiger partial charge in [0, 0.05) is 10.7 Å². The zero-order valence-electron chi connectivity index (χ0n) is 15.4. The lowest BCUT2D eigenvalue weighted by Crippen LogP contribution is -2.12. The van der Waals surface area contributed by atoms with Crippen molar-refractivity contribution in [3.63, 3.8) is 0 Å². The normalized spacial score (nSPS) is 10.8. The second-order valence-corrected chi connectivity index (χ2v) is 6.92. The summed E-state index contributed by atoms with van der Waals surface area (Å²) in [6, 6.07) is 19.1. The Morgan fingerprint density at radius 3 is 2.62 bits per heavy atom. The van der Waals surface area contributed by atoms with E-state index in [0.717, 1.165) is 22.6 Å². The SMILES string of the molecule is O=c1[nH]c(CCc2cc(Cl)ccc2OCc2ccccc2)ccc1-c1nn[nH]n1. The molecule has 29 heavy (non-hydrogen) atoms. The van der Waals surface area contributed by atoms with E-state index in [4.69, 9.17) is 16.3 Å². The van der Waals surface area contributed by atoms with Crippen LogP contribution in [0.1, 0.15) is 16.8 Å². The Kier molecular flexibility index (Phi) is 5.67. The summed E-state index contributed by atoms with van der Waals surface area (Å²) < 4.78 is 6.00. The average Bonchev–Trinajstić information content (AvgIpc) is 3.27. The summed E-state index contributed by atoms with van der Waals surface area (Å²) in [5, 5.41) is 14.1. The van der Waals surface area contributed by atoms with E-state index in [0.29, 0.717) is 30.0 Å². The first-order chi connectivity index (χ1) is 14.2. The molecule has 4 aromatic rings. The summed E-state index contributed by atoms with van der Waals surface area (Å²) in [6.45, 7) is 0.478. The second-order valence-electron chi connectivity index (χ2n) is 6.49. The van der Waals surface area contributed by atoms with E-state index in [9.17, 15) is 4.79 Å². The van der Waals surface area contributed by atoms with E-state index in [-0.39, 0.29) is 11.4 Å². The minimum Gasteiger partial charge on any atom is -0.489 e. The highest BCUT2D eigenvalue weighted by atomic mass is 35.5. The predicted octanol–water partition coefficient (Wildman–Crippen LogP) is 3.57. The Labute approximate surface area is 171 Å². The number of halogens is 1. The summed E-state index contributed by atoms with van der Waals surface area (Å²) in [7, 11) is 0. The van der Waals surface area contributed by atoms with Crippen LogP contribution in [0.15, 0.2) is 65.5 Å². The van der Waals surface area contributed by atoms with Gasteiger partial charge >= 0.3 is 0 Å². The van der Waals surface area contributed by atoms with Crippen molar-refractivity contribution < 1.29 is 4.74 Å². The maximum atomic E-state index is 12.3. The maximum absolute atomic E-state index is 12.3. The molecular weight excluding hydrogens is 390 g/mol. The van der Waals surface area contributed by atoms with Gasteiger partial charge in [-0.2, -0.15) is 5.21 Å². The fourth-order valence-corrected chi connectivity index (χ4v) is 3.20. The van der Waals surface area contributed by atoms with Crippen molar-refractivity contribution in [1.82, 2.24) is 25.6 Å². The zero-order valence-corrected chi connectivity index (χ0v) is 16.2. The number of H-pyrrole nitrogens is 2. The standard InChI is InChI=1S/C21H18ClN5O2/c22-16-7-11-19(29-13-14-4-2-1-3-5-14)15(12-16)6-8-17-9-10-18(21(28)23-17)20-24-26-27-25-20/h1-5,7,9-12H,6,8,13H2,(H,23,28)(H,24,25,26,27). The van der Waals surface area contributed by atoms with Crippen molar-refractivity contribution in [2.45, 2.75) is 19.4 Å². The van der Waals surface area contributed by atoms with Gasteiger partial charge in [-0.25, -0.2) is 0 Å². The molecule has 8 heteroatoms. The molecule has 2 aromatic carbocycles. The minimum absolute atomic E-state index is 0.254. The minimum atomic E-state index is -0.254. The summed E-state index contributed by atoms with van der Waals surface area (Å²) >= 11 is 6.18. The van der Waals surface area contributed by atoms with Crippen LogP contribution in [0.3, 0.4) is 0 Å². The first-order valence-electron chi connectivity index (χ1n) is 9.10. The molecule has 0 unspecified atom stereocenters. The number of ether oxygens (including phenoxy) is 1. The molecule has 0 atom stereocenters. The van der Waals surface area contributed by atoms with Crippen LogP contribution in [-0.4, -0.2) is 25.6 Å². The fourth-order valence-electron chi connectivity index (χ4n) is 3.00. The summed E-state index contributed by atoms with van der Waals surface area (Å²) in [5.41, 5.74) is 3.00. The molecule has 2 aromatic heterocycles. The van der Waals surface area contributed by atoms with E-state index < -0.39 is 0 Å². The number of pyridine rings is 1. The number of aromatic nitrogens is 5. The molecule has 7 nitrogen and oxygen atoms in total. The molecule has 0 aliphatic rings. The second kappa shape index (κ2) is 8.70. The van der Waals surface area contributed by atoms with Gasteiger partial charge in [-0.1, -0.05) is 41.9 Å². The van der Waals surface area contributed by atoms with Gasteiger partial charge in [0.15, 0.2) is 0 Å². The van der Waals surface area contributed by atoms with Gasteiger partial charge in [0.1, 0.15) is 12.4 Å². The molecular formula is C21H18ClN5O2. The molecule has 0 bridgehead atoms. The molecule has 0 radical (unpaired) electrons. The van der Waals surface area contributed by atoms with Gasteiger partial charge in [-0.05, 0) is 59.5 Å². The van der Waals surface area contributed by atoms with Gasteiger partial charge in [0.05, 0.1) is 5.56 Å². The topological polar surface area (TPSA) is 96.5 Å². The highest BCUT2D eigenvalue weighted by molar-refractivity contribution is 6.30. The number of rotatable bonds is 7. The first kappa shape index (κ1) is 18.9. The lowest BCUT2D eigenvalue weighted by Gasteiger charge is -2.12. The Bertz CT molecular complexity index is 1140. The monoisotopic (exact) mass is 407 g/mol. The van der Waals surface area contributed by atoms with Crippen LogP contribution in [0.5, 0.6) is 5.75 Å². The molecule has 0 aliphatic heterocycles. The lowest BCUT2D eigenvalue weighted by atomic mass is 10.1. The third-order valence-corrected chi connectivity index (χ3v) is 4.71. The van der Waals surface area contributed by atoms with Gasteiger partial charge in [0.2, 0.25) is 5.82 Å². The predicted molar refractivity (Wildman–Crippen MR) is 110 cm³/mol. The third-order valence-electron chi connectivity index (χ3n) is 4.48. The Morgan fingerprint density at radius 2 is 1.86 bits per heavy atom. The van der Waals surface area contributed by atoms with Gasteiger partial charge in [-0.3, -0.25) is 4.79 Å². The average molecular weight is 408 g/mol. The van der Waals surface area contributed by atoms with Crippen molar-refractivity contribution in [3.05, 3.63) is 92.9 Å². The van der Waals surface area contributed by atoms with E-state index >= 15 is 0 Å². The molecule has 0 amide bonds. The van der Waals surface area contributed by atoms with Crippen LogP contribution in [0, 0.1) is 0 Å². The van der Waals surface area contributed by atoms with Crippen LogP contribution in [-0.2, 0) is 19.4 Å². The van der Waals surface area contributed by atoms with Gasteiger partial charge < -0.3 is 9.72 Å². The number of nitrogens with zero attached hydrogens (tertiary/aromatic N) is 3. The van der Waals surface area contributed by atoms with Crippen molar-refractivity contribution >= 4 is 11.6 Å². The van der Waals surface area contributed by atoms with Gasteiger partial charge in [-0.15, -0.1) is 10.2 Å². The number of aryl methyl sites for hydroxylation is 2. The Morgan fingerprint density at radius 1 is 1.00 bits per heavy atom. The third kappa shape index (κ3) is 4.70. The van der Waals surface area contributed by atoms with E-state index in [1.807, 2.05) is 54.6 Å². The van der Waals surface area contributed by atoms with Gasteiger partial charge in [0.25, 0.3) is 5.56 Å². The van der Waals surface area contributed by atoms with E-state index in [1.165, 1.54) is 0 Å². The van der Waals surface area contributed by atoms with Crippen LogP contribution in [0.25, 0.3) is 11.4 Å². The Balaban J connectivity index is 1.47. The highest BCUT2D eigenvalue weighted by Crippen LogP contribution is 2.25. The largest absolute Gasteiger partial charge is 0.489 e. The molecule has 2 heterocycles. The summed E-state index contributed by atoms with van der Waals surface area (Å²) in [5.74, 6) is 1.05. The number of hydrogen-bond donors (Lipinski definition) is 2. The van der Waals surface area contributed by atoms with Crippen LogP contribution >= 0.6 is 11.6 Å². The number of nitrogens with one attached hydrogen (secondary N) is 2. The maximum Gasteiger partial charge on any atom is 0.259 e. The summed E-state index contributed by atoms with van der Waals surface area (Å²) in [6.07, 6.45) is 1.30. The number of aromatic amines is 2. The van der Waals surface area contributed by atoms with Crippen LogP contribution < -0.4 is 10.3 Å².